The molecule has 0 bridgehead atoms. The lowest BCUT2D eigenvalue weighted by atomic mass is 10.1. The topological polar surface area (TPSA) is 44.0 Å². The molecule has 5 nitrogen and oxygen atoms in total. The number of anilines is 1. The van der Waals surface area contributed by atoms with Crippen molar-refractivity contribution in [3.8, 4) is 0 Å². The van der Waals surface area contributed by atoms with Crippen molar-refractivity contribution in [3.63, 3.8) is 0 Å². The van der Waals surface area contributed by atoms with Crippen LogP contribution in [0.2, 0.25) is 0 Å². The van der Waals surface area contributed by atoms with E-state index in [1.54, 1.807) is 11.3 Å². The monoisotopic (exact) mass is 280 g/mol. The predicted molar refractivity (Wildman–Crippen MR) is 77.9 cm³/mol. The highest BCUT2D eigenvalue weighted by atomic mass is 32.1. The summed E-state index contributed by atoms with van der Waals surface area (Å²) in [6.07, 6.45) is 1.98. The molecule has 1 N–H and O–H groups in total. The Kier molecular flexibility index (Phi) is 3.24. The van der Waals surface area contributed by atoms with Crippen LogP contribution in [0.15, 0.2) is 11.6 Å². The molecule has 0 amide bonds. The summed E-state index contributed by atoms with van der Waals surface area (Å²) in [5, 5.41) is 11.6. The van der Waals surface area contributed by atoms with Crippen LogP contribution in [0.3, 0.4) is 0 Å². The number of likely N-dealkylation sites (N-methyl/N-ethyl adjacent to an activating group) is 1. The van der Waals surface area contributed by atoms with Gasteiger partial charge in [0, 0.05) is 36.8 Å². The van der Waals surface area contributed by atoms with E-state index >= 15 is 0 Å². The number of hydrogen-bond donors (Lipinski definition) is 1. The van der Waals surface area contributed by atoms with E-state index in [0.29, 0.717) is 12.1 Å². The standard InChI is InChI=1S/C13H20N4OS/c1-9-6-16(7-10(2)15(9)3)12-11(8-18)17-4-5-19-13(17)14-12/h4-5,9-10,18H,6-8H2,1-3H3. The Morgan fingerprint density at radius 3 is 2.68 bits per heavy atom. The smallest absolute Gasteiger partial charge is 0.195 e. The predicted octanol–water partition coefficient (Wildman–Crippen LogP) is 1.42. The number of aliphatic hydroxyl groups excluding tert-OH is 1. The van der Waals surface area contributed by atoms with Gasteiger partial charge in [-0.15, -0.1) is 11.3 Å². The Hall–Kier alpha value is -1.11. The van der Waals surface area contributed by atoms with Crippen LogP contribution in [0, 0.1) is 0 Å². The Morgan fingerprint density at radius 1 is 1.37 bits per heavy atom. The molecule has 2 unspecified atom stereocenters. The SMILES string of the molecule is CC1CN(c2nc3sccn3c2CO)CC(C)N1C. The van der Waals surface area contributed by atoms with E-state index < -0.39 is 0 Å². The zero-order valence-corrected chi connectivity index (χ0v) is 12.4. The molecular formula is C13H20N4OS. The third-order valence-corrected chi connectivity index (χ3v) is 4.91. The van der Waals surface area contributed by atoms with Crippen LogP contribution in [-0.4, -0.2) is 51.6 Å². The summed E-state index contributed by atoms with van der Waals surface area (Å²) >= 11 is 1.61. The molecule has 2 aromatic rings. The summed E-state index contributed by atoms with van der Waals surface area (Å²) < 4.78 is 1.99. The van der Waals surface area contributed by atoms with Crippen LogP contribution in [-0.2, 0) is 6.61 Å². The zero-order valence-electron chi connectivity index (χ0n) is 11.6. The van der Waals surface area contributed by atoms with E-state index in [1.807, 2.05) is 16.0 Å². The van der Waals surface area contributed by atoms with Gasteiger partial charge in [-0.2, -0.15) is 0 Å². The van der Waals surface area contributed by atoms with Crippen molar-refractivity contribution in [1.29, 1.82) is 0 Å². The molecular weight excluding hydrogens is 260 g/mol. The molecule has 6 heteroatoms. The molecule has 1 aliphatic heterocycles. The zero-order chi connectivity index (χ0) is 13.6. The number of nitrogens with zero attached hydrogens (tertiary/aromatic N) is 4. The largest absolute Gasteiger partial charge is 0.390 e. The van der Waals surface area contributed by atoms with Crippen molar-refractivity contribution in [3.05, 3.63) is 17.3 Å². The maximum Gasteiger partial charge on any atom is 0.195 e. The first-order valence-electron chi connectivity index (χ1n) is 6.64. The van der Waals surface area contributed by atoms with E-state index in [1.165, 1.54) is 0 Å². The quantitative estimate of drug-likeness (QED) is 0.903. The van der Waals surface area contributed by atoms with Gasteiger partial charge in [0.1, 0.15) is 0 Å². The molecule has 3 heterocycles. The van der Waals surface area contributed by atoms with E-state index in [0.717, 1.165) is 29.6 Å². The van der Waals surface area contributed by atoms with Crippen LogP contribution >= 0.6 is 11.3 Å². The van der Waals surface area contributed by atoms with Gasteiger partial charge in [0.05, 0.1) is 12.3 Å². The molecule has 19 heavy (non-hydrogen) atoms. The minimum absolute atomic E-state index is 0.0301. The third kappa shape index (κ3) is 2.04. The molecule has 0 radical (unpaired) electrons. The summed E-state index contributed by atoms with van der Waals surface area (Å²) in [5.41, 5.74) is 0.903. The van der Waals surface area contributed by atoms with Gasteiger partial charge < -0.3 is 10.0 Å². The molecule has 2 atom stereocenters. The number of piperazine rings is 1. The first kappa shape index (κ1) is 12.9. The second-order valence-corrected chi connectivity index (χ2v) is 6.24. The Labute approximate surface area is 117 Å². The van der Waals surface area contributed by atoms with Gasteiger partial charge in [-0.25, -0.2) is 4.98 Å². The van der Waals surface area contributed by atoms with Crippen molar-refractivity contribution >= 4 is 22.1 Å². The Bertz CT molecular complexity index is 566. The maximum absolute atomic E-state index is 9.64. The first-order chi connectivity index (χ1) is 9.11. The number of aromatic nitrogens is 2. The fraction of sp³-hybridized carbons (Fsp3) is 0.615. The summed E-state index contributed by atoms with van der Waals surface area (Å²) in [6, 6.07) is 0.991. The van der Waals surface area contributed by atoms with Gasteiger partial charge in [0.2, 0.25) is 0 Å². The minimum atomic E-state index is 0.0301. The second kappa shape index (κ2) is 4.77. The maximum atomic E-state index is 9.64. The normalized spacial score (nSPS) is 25.4. The van der Waals surface area contributed by atoms with Crippen LogP contribution in [0.25, 0.3) is 4.96 Å². The molecule has 1 saturated heterocycles. The lowest BCUT2D eigenvalue weighted by molar-refractivity contribution is 0.169. The van der Waals surface area contributed by atoms with Crippen LogP contribution in [0.1, 0.15) is 19.5 Å². The number of rotatable bonds is 2. The summed E-state index contributed by atoms with van der Waals surface area (Å²) in [5.74, 6) is 0.946. The van der Waals surface area contributed by atoms with Gasteiger partial charge in [-0.3, -0.25) is 9.30 Å². The summed E-state index contributed by atoms with van der Waals surface area (Å²) in [6.45, 7) is 6.42. The highest BCUT2D eigenvalue weighted by molar-refractivity contribution is 7.15. The molecule has 1 aliphatic rings. The molecule has 0 aromatic carbocycles. The van der Waals surface area contributed by atoms with Crippen LogP contribution in [0.4, 0.5) is 5.82 Å². The number of fused-ring (bicyclic) bond motifs is 1. The minimum Gasteiger partial charge on any atom is -0.390 e. The number of hydrogen-bond acceptors (Lipinski definition) is 5. The van der Waals surface area contributed by atoms with Gasteiger partial charge in [0.15, 0.2) is 10.8 Å². The van der Waals surface area contributed by atoms with E-state index in [9.17, 15) is 5.11 Å². The van der Waals surface area contributed by atoms with Crippen molar-refractivity contribution in [2.24, 2.45) is 0 Å². The van der Waals surface area contributed by atoms with E-state index in [-0.39, 0.29) is 6.61 Å². The van der Waals surface area contributed by atoms with Crippen molar-refractivity contribution in [2.45, 2.75) is 32.5 Å². The second-order valence-electron chi connectivity index (χ2n) is 5.36. The highest BCUT2D eigenvalue weighted by Crippen LogP contribution is 2.27. The Balaban J connectivity index is 1.97. The summed E-state index contributed by atoms with van der Waals surface area (Å²) in [4.78, 5) is 10.3. The average Bonchev–Trinajstić information content (AvgIpc) is 2.94. The van der Waals surface area contributed by atoms with Crippen molar-refractivity contribution < 1.29 is 5.11 Å². The number of imidazole rings is 1. The molecule has 0 spiro atoms. The molecule has 0 aliphatic carbocycles. The van der Waals surface area contributed by atoms with E-state index in [2.05, 4.69) is 35.7 Å². The lowest BCUT2D eigenvalue weighted by Gasteiger charge is -2.42. The van der Waals surface area contributed by atoms with Gasteiger partial charge in [-0.1, -0.05) is 0 Å². The van der Waals surface area contributed by atoms with Gasteiger partial charge in [0.25, 0.3) is 0 Å². The fourth-order valence-electron chi connectivity index (χ4n) is 2.80. The Morgan fingerprint density at radius 2 is 2.05 bits per heavy atom. The molecule has 1 fully saturated rings. The van der Waals surface area contributed by atoms with E-state index in [4.69, 9.17) is 0 Å². The molecule has 3 rings (SSSR count). The summed E-state index contributed by atoms with van der Waals surface area (Å²) in [7, 11) is 2.17. The molecule has 104 valence electrons. The van der Waals surface area contributed by atoms with Gasteiger partial charge in [-0.05, 0) is 20.9 Å². The van der Waals surface area contributed by atoms with Crippen LogP contribution < -0.4 is 4.90 Å². The van der Waals surface area contributed by atoms with Crippen molar-refractivity contribution in [1.82, 2.24) is 14.3 Å². The lowest BCUT2D eigenvalue weighted by Crippen LogP contribution is -2.55. The average molecular weight is 280 g/mol. The van der Waals surface area contributed by atoms with Crippen molar-refractivity contribution in [2.75, 3.05) is 25.0 Å². The number of aliphatic hydroxyl groups is 1. The number of thiazole rings is 1. The third-order valence-electron chi connectivity index (χ3n) is 4.15. The molecule has 0 saturated carbocycles. The van der Waals surface area contributed by atoms with Gasteiger partial charge >= 0.3 is 0 Å². The first-order valence-corrected chi connectivity index (χ1v) is 7.52. The molecule has 2 aromatic heterocycles. The van der Waals surface area contributed by atoms with Crippen LogP contribution in [0.5, 0.6) is 0 Å². The fourth-order valence-corrected chi connectivity index (χ4v) is 3.53. The highest BCUT2D eigenvalue weighted by Gasteiger charge is 2.29.